The Balaban J connectivity index is 1.64. The summed E-state index contributed by atoms with van der Waals surface area (Å²) in [6.45, 7) is 5.26. The maximum Gasteiger partial charge on any atom is 0.128 e. The summed E-state index contributed by atoms with van der Waals surface area (Å²) in [7, 11) is 1.94. The van der Waals surface area contributed by atoms with E-state index in [-0.39, 0.29) is 0 Å². The number of nitrogens with zero attached hydrogens (tertiary/aromatic N) is 3. The molecule has 0 saturated carbocycles. The minimum absolute atomic E-state index is 0.689. The molecule has 21 heavy (non-hydrogen) atoms. The average molecular weight is 287 g/mol. The smallest absolute Gasteiger partial charge is 0.128 e. The van der Waals surface area contributed by atoms with Crippen molar-refractivity contribution in [2.45, 2.75) is 0 Å². The van der Waals surface area contributed by atoms with Crippen molar-refractivity contribution in [3.63, 3.8) is 0 Å². The highest BCUT2D eigenvalue weighted by Crippen LogP contribution is 2.29. The lowest BCUT2D eigenvalue weighted by atomic mass is 10.1. The summed E-state index contributed by atoms with van der Waals surface area (Å²) in [5.74, 6) is 0.911. The van der Waals surface area contributed by atoms with Crippen LogP contribution in [0.25, 0.3) is 11.3 Å². The van der Waals surface area contributed by atoms with E-state index in [1.165, 1.54) is 0 Å². The molecule has 1 saturated heterocycles. The molecule has 1 fully saturated rings. The van der Waals surface area contributed by atoms with Gasteiger partial charge in [-0.25, -0.2) is 0 Å². The van der Waals surface area contributed by atoms with Crippen molar-refractivity contribution in [1.29, 1.82) is 0 Å². The first-order chi connectivity index (χ1) is 10.3. The van der Waals surface area contributed by atoms with E-state index < -0.39 is 0 Å². The van der Waals surface area contributed by atoms with Crippen molar-refractivity contribution in [3.05, 3.63) is 36.5 Å². The van der Waals surface area contributed by atoms with Gasteiger partial charge in [0.15, 0.2) is 0 Å². The van der Waals surface area contributed by atoms with E-state index in [0.29, 0.717) is 6.61 Å². The molecule has 0 bridgehead atoms. The summed E-state index contributed by atoms with van der Waals surface area (Å²) < 4.78 is 13.2. The SMILES string of the molecule is Cn1nccc1-c1ccccc1OCCN1CCOCC1. The lowest BCUT2D eigenvalue weighted by Crippen LogP contribution is -2.38. The van der Waals surface area contributed by atoms with Crippen LogP contribution in [0.5, 0.6) is 5.75 Å². The molecule has 1 aromatic carbocycles. The molecular formula is C16H21N3O2. The summed E-state index contributed by atoms with van der Waals surface area (Å²) >= 11 is 0. The summed E-state index contributed by atoms with van der Waals surface area (Å²) in [5, 5.41) is 4.23. The number of aromatic nitrogens is 2. The Hall–Kier alpha value is -1.85. The quantitative estimate of drug-likeness (QED) is 0.840. The predicted molar refractivity (Wildman–Crippen MR) is 81.4 cm³/mol. The van der Waals surface area contributed by atoms with E-state index in [1.54, 1.807) is 6.20 Å². The standard InChI is InChI=1S/C16H21N3O2/c1-18-15(6-7-17-18)14-4-2-3-5-16(14)21-13-10-19-8-11-20-12-9-19/h2-7H,8-13H2,1H3. The molecule has 1 aliphatic heterocycles. The van der Waals surface area contributed by atoms with Crippen LogP contribution in [0.15, 0.2) is 36.5 Å². The summed E-state index contributed by atoms with van der Waals surface area (Å²) in [6, 6.07) is 10.1. The third kappa shape index (κ3) is 3.43. The molecule has 2 aromatic rings. The minimum atomic E-state index is 0.689. The second kappa shape index (κ2) is 6.74. The molecule has 0 amide bonds. The van der Waals surface area contributed by atoms with Crippen LogP contribution < -0.4 is 4.74 Å². The number of aryl methyl sites for hydroxylation is 1. The molecule has 0 atom stereocenters. The molecule has 0 radical (unpaired) electrons. The van der Waals surface area contributed by atoms with Crippen LogP contribution in [0.3, 0.4) is 0 Å². The van der Waals surface area contributed by atoms with E-state index in [9.17, 15) is 0 Å². The molecule has 1 aromatic heterocycles. The van der Waals surface area contributed by atoms with Crippen LogP contribution in [-0.2, 0) is 11.8 Å². The Morgan fingerprint density at radius 1 is 1.19 bits per heavy atom. The van der Waals surface area contributed by atoms with Crippen molar-refractivity contribution >= 4 is 0 Å². The van der Waals surface area contributed by atoms with Crippen molar-refractivity contribution in [3.8, 4) is 17.0 Å². The van der Waals surface area contributed by atoms with Gasteiger partial charge in [-0.1, -0.05) is 12.1 Å². The zero-order valence-corrected chi connectivity index (χ0v) is 12.4. The molecule has 112 valence electrons. The van der Waals surface area contributed by atoms with Gasteiger partial charge in [0.05, 0.1) is 18.9 Å². The van der Waals surface area contributed by atoms with Gasteiger partial charge in [0.2, 0.25) is 0 Å². The normalized spacial score (nSPS) is 16.0. The summed E-state index contributed by atoms with van der Waals surface area (Å²) in [5.41, 5.74) is 2.15. The second-order valence-electron chi connectivity index (χ2n) is 5.14. The first-order valence-corrected chi connectivity index (χ1v) is 7.35. The van der Waals surface area contributed by atoms with Gasteiger partial charge in [0, 0.05) is 38.4 Å². The lowest BCUT2D eigenvalue weighted by Gasteiger charge is -2.26. The molecule has 0 spiro atoms. The van der Waals surface area contributed by atoms with Crippen LogP contribution in [0, 0.1) is 0 Å². The van der Waals surface area contributed by atoms with Gasteiger partial charge in [-0.05, 0) is 18.2 Å². The third-order valence-corrected chi connectivity index (χ3v) is 3.75. The zero-order chi connectivity index (χ0) is 14.5. The van der Waals surface area contributed by atoms with Crippen molar-refractivity contribution in [2.24, 2.45) is 7.05 Å². The van der Waals surface area contributed by atoms with Crippen molar-refractivity contribution < 1.29 is 9.47 Å². The zero-order valence-electron chi connectivity index (χ0n) is 12.4. The maximum absolute atomic E-state index is 6.00. The Bertz CT molecular complexity index is 576. The van der Waals surface area contributed by atoms with Gasteiger partial charge in [-0.2, -0.15) is 5.10 Å². The van der Waals surface area contributed by atoms with Gasteiger partial charge in [0.25, 0.3) is 0 Å². The number of para-hydroxylation sites is 1. The number of hydrogen-bond acceptors (Lipinski definition) is 4. The van der Waals surface area contributed by atoms with Gasteiger partial charge in [-0.3, -0.25) is 9.58 Å². The molecule has 2 heterocycles. The molecule has 0 aliphatic carbocycles. The molecule has 5 nitrogen and oxygen atoms in total. The van der Waals surface area contributed by atoms with Crippen LogP contribution >= 0.6 is 0 Å². The van der Waals surface area contributed by atoms with E-state index in [0.717, 1.165) is 49.9 Å². The van der Waals surface area contributed by atoms with Gasteiger partial charge in [-0.15, -0.1) is 0 Å². The van der Waals surface area contributed by atoms with Crippen LogP contribution in [0.2, 0.25) is 0 Å². The molecule has 1 aliphatic rings. The van der Waals surface area contributed by atoms with Gasteiger partial charge >= 0.3 is 0 Å². The van der Waals surface area contributed by atoms with E-state index in [1.807, 2.05) is 36.0 Å². The van der Waals surface area contributed by atoms with E-state index >= 15 is 0 Å². The third-order valence-electron chi connectivity index (χ3n) is 3.75. The van der Waals surface area contributed by atoms with Gasteiger partial charge in [0.1, 0.15) is 12.4 Å². The number of ether oxygens (including phenoxy) is 2. The fourth-order valence-electron chi connectivity index (χ4n) is 2.55. The van der Waals surface area contributed by atoms with Crippen molar-refractivity contribution in [2.75, 3.05) is 39.5 Å². The Labute approximate surface area is 125 Å². The first kappa shape index (κ1) is 14.1. The van der Waals surface area contributed by atoms with Crippen LogP contribution in [-0.4, -0.2) is 54.1 Å². The maximum atomic E-state index is 6.00. The van der Waals surface area contributed by atoms with Crippen LogP contribution in [0.4, 0.5) is 0 Å². The Morgan fingerprint density at radius 2 is 2.00 bits per heavy atom. The molecule has 0 N–H and O–H groups in total. The number of hydrogen-bond donors (Lipinski definition) is 0. The molecule has 5 heteroatoms. The number of morpholine rings is 1. The van der Waals surface area contributed by atoms with Crippen molar-refractivity contribution in [1.82, 2.24) is 14.7 Å². The largest absolute Gasteiger partial charge is 0.492 e. The fourth-order valence-corrected chi connectivity index (χ4v) is 2.55. The highest BCUT2D eigenvalue weighted by atomic mass is 16.5. The lowest BCUT2D eigenvalue weighted by molar-refractivity contribution is 0.0323. The second-order valence-corrected chi connectivity index (χ2v) is 5.14. The topological polar surface area (TPSA) is 39.5 Å². The first-order valence-electron chi connectivity index (χ1n) is 7.35. The predicted octanol–water partition coefficient (Wildman–Crippen LogP) is 1.80. The van der Waals surface area contributed by atoms with E-state index in [2.05, 4.69) is 16.1 Å². The number of benzene rings is 1. The van der Waals surface area contributed by atoms with Gasteiger partial charge < -0.3 is 9.47 Å². The van der Waals surface area contributed by atoms with Crippen LogP contribution in [0.1, 0.15) is 0 Å². The number of rotatable bonds is 5. The molecule has 0 unspecified atom stereocenters. The Kier molecular flexibility index (Phi) is 4.52. The summed E-state index contributed by atoms with van der Waals surface area (Å²) in [6.07, 6.45) is 1.81. The average Bonchev–Trinajstić information content (AvgIpc) is 2.95. The Morgan fingerprint density at radius 3 is 2.76 bits per heavy atom. The highest BCUT2D eigenvalue weighted by molar-refractivity contribution is 5.67. The fraction of sp³-hybridized carbons (Fsp3) is 0.438. The molecule has 3 rings (SSSR count). The molecular weight excluding hydrogens is 266 g/mol. The van der Waals surface area contributed by atoms with E-state index in [4.69, 9.17) is 9.47 Å². The minimum Gasteiger partial charge on any atom is -0.492 e. The summed E-state index contributed by atoms with van der Waals surface area (Å²) in [4.78, 5) is 2.37. The monoisotopic (exact) mass is 287 g/mol. The highest BCUT2D eigenvalue weighted by Gasteiger charge is 2.12.